The van der Waals surface area contributed by atoms with Crippen molar-refractivity contribution in [1.82, 2.24) is 4.57 Å². The number of benzene rings is 2. The Labute approximate surface area is 202 Å². The number of nitrogens with zero attached hydrogens (tertiary/aromatic N) is 1. The minimum absolute atomic E-state index is 0.165. The maximum absolute atomic E-state index is 13.2. The zero-order chi connectivity index (χ0) is 25.4. The van der Waals surface area contributed by atoms with Crippen molar-refractivity contribution in [3.8, 4) is 11.5 Å². The molecule has 0 aliphatic rings. The number of aryl methyl sites for hydroxylation is 3. The van der Waals surface area contributed by atoms with Gasteiger partial charge in [-0.1, -0.05) is 0 Å². The summed E-state index contributed by atoms with van der Waals surface area (Å²) in [6.07, 6.45) is -0.165. The lowest BCUT2D eigenvalue weighted by Crippen LogP contribution is -2.17. The number of carbonyl (C=O) groups excluding carboxylic acids is 2. The molecule has 182 valence electrons. The summed E-state index contributed by atoms with van der Waals surface area (Å²) in [7, 11) is 4.77. The van der Waals surface area contributed by atoms with Gasteiger partial charge in [-0.05, 0) is 56.7 Å². The number of aromatic nitrogens is 1. The molecule has 35 heavy (non-hydrogen) atoms. The number of carbonyl (C=O) groups is 2. The summed E-state index contributed by atoms with van der Waals surface area (Å²) in [5.74, 6) is 0.410. The van der Waals surface area contributed by atoms with Crippen LogP contribution in [0.1, 0.15) is 32.7 Å². The van der Waals surface area contributed by atoms with Gasteiger partial charge < -0.3 is 23.2 Å². The lowest BCUT2D eigenvalue weighted by atomic mass is 10.0. The molecule has 8 nitrogen and oxygen atoms in total. The normalized spacial score (nSPS) is 11.1. The van der Waals surface area contributed by atoms with Crippen molar-refractivity contribution < 1.29 is 28.2 Å². The van der Waals surface area contributed by atoms with E-state index in [2.05, 4.69) is 4.74 Å². The number of methoxy groups -OCH3 is 2. The fraction of sp³-hybridized carbons (Fsp3) is 0.296. The summed E-state index contributed by atoms with van der Waals surface area (Å²) in [5, 5.41) is 1.49. The van der Waals surface area contributed by atoms with Crippen molar-refractivity contribution >= 4 is 33.6 Å². The van der Waals surface area contributed by atoms with E-state index in [1.165, 1.54) is 7.11 Å². The molecule has 0 radical (unpaired) electrons. The van der Waals surface area contributed by atoms with E-state index in [0.717, 1.165) is 16.6 Å². The van der Waals surface area contributed by atoms with Crippen LogP contribution in [0.5, 0.6) is 11.5 Å². The van der Waals surface area contributed by atoms with Crippen LogP contribution in [-0.4, -0.2) is 37.1 Å². The number of hydrogen-bond acceptors (Lipinski definition) is 7. The third-order valence-corrected chi connectivity index (χ3v) is 6.54. The van der Waals surface area contributed by atoms with Crippen molar-refractivity contribution in [2.24, 2.45) is 7.05 Å². The first-order valence-corrected chi connectivity index (χ1v) is 11.1. The molecule has 0 atom stereocenters. The molecular weight excluding hydrogens is 450 g/mol. The average Bonchev–Trinajstić information content (AvgIpc) is 3.10. The van der Waals surface area contributed by atoms with E-state index in [9.17, 15) is 14.4 Å². The van der Waals surface area contributed by atoms with E-state index in [-0.39, 0.29) is 24.4 Å². The minimum atomic E-state index is -0.600. The van der Waals surface area contributed by atoms with Crippen molar-refractivity contribution in [3.05, 3.63) is 68.7 Å². The Bertz CT molecular complexity index is 1540. The highest BCUT2D eigenvalue weighted by molar-refractivity contribution is 6.10. The Balaban J connectivity index is 1.66. The van der Waals surface area contributed by atoms with Gasteiger partial charge >= 0.3 is 11.6 Å². The van der Waals surface area contributed by atoms with Crippen LogP contribution in [0, 0.1) is 20.8 Å². The van der Waals surface area contributed by atoms with Gasteiger partial charge in [0.15, 0.2) is 6.61 Å². The molecule has 0 saturated heterocycles. The van der Waals surface area contributed by atoms with E-state index < -0.39 is 11.6 Å². The predicted molar refractivity (Wildman–Crippen MR) is 132 cm³/mol. The predicted octanol–water partition coefficient (Wildman–Crippen LogP) is 4.20. The number of ketones is 1. The fourth-order valence-electron chi connectivity index (χ4n) is 4.39. The molecule has 0 fully saturated rings. The van der Waals surface area contributed by atoms with Crippen LogP contribution in [0.25, 0.3) is 21.9 Å². The topological polar surface area (TPSA) is 97.0 Å². The number of esters is 1. The highest BCUT2D eigenvalue weighted by Gasteiger charge is 2.21. The van der Waals surface area contributed by atoms with Gasteiger partial charge in [-0.15, -0.1) is 0 Å². The summed E-state index contributed by atoms with van der Waals surface area (Å²) in [6.45, 7) is 5.23. The van der Waals surface area contributed by atoms with Crippen LogP contribution in [-0.2, 0) is 23.0 Å². The first-order chi connectivity index (χ1) is 16.7. The van der Waals surface area contributed by atoms with Crippen LogP contribution in [0.4, 0.5) is 0 Å². The summed E-state index contributed by atoms with van der Waals surface area (Å²) in [4.78, 5) is 37.5. The molecule has 0 aliphatic heterocycles. The first kappa shape index (κ1) is 24.1. The van der Waals surface area contributed by atoms with Gasteiger partial charge in [0.1, 0.15) is 17.1 Å². The van der Waals surface area contributed by atoms with Gasteiger partial charge in [0.2, 0.25) is 5.78 Å². The Morgan fingerprint density at radius 2 is 1.74 bits per heavy atom. The largest absolute Gasteiger partial charge is 0.497 e. The van der Waals surface area contributed by atoms with Gasteiger partial charge in [-0.3, -0.25) is 9.59 Å². The molecule has 2 heterocycles. The Morgan fingerprint density at radius 3 is 2.43 bits per heavy atom. The summed E-state index contributed by atoms with van der Waals surface area (Å²) in [6, 6.07) is 9.12. The van der Waals surface area contributed by atoms with Crippen molar-refractivity contribution in [1.29, 1.82) is 0 Å². The van der Waals surface area contributed by atoms with Crippen LogP contribution in [0.2, 0.25) is 0 Å². The van der Waals surface area contributed by atoms with Crippen LogP contribution >= 0.6 is 0 Å². The average molecular weight is 478 g/mol. The lowest BCUT2D eigenvalue weighted by Gasteiger charge is -2.13. The number of hydrogen-bond donors (Lipinski definition) is 0. The molecular formula is C27H27NO7. The molecule has 4 aromatic rings. The second kappa shape index (κ2) is 9.29. The number of Topliss-reactive ketones (excluding diaryl/α,β-unsaturated/α-hetero) is 1. The van der Waals surface area contributed by atoms with Crippen molar-refractivity contribution in [2.75, 3.05) is 20.8 Å². The number of ether oxygens (including phenoxy) is 3. The van der Waals surface area contributed by atoms with Crippen LogP contribution < -0.4 is 15.1 Å². The lowest BCUT2D eigenvalue weighted by molar-refractivity contribution is -0.139. The molecule has 2 aromatic carbocycles. The number of rotatable bonds is 7. The minimum Gasteiger partial charge on any atom is -0.497 e. The first-order valence-electron chi connectivity index (χ1n) is 11.1. The summed E-state index contributed by atoms with van der Waals surface area (Å²) < 4.78 is 23.4. The molecule has 0 bridgehead atoms. The maximum Gasteiger partial charge on any atom is 0.340 e. The second-order valence-corrected chi connectivity index (χ2v) is 8.43. The SMILES string of the molecule is COC(=O)Cc1c(C)c2ccc(OCC(=O)c3c(C)n(C)c4ccc(OC)cc34)c(C)c2oc1=O. The van der Waals surface area contributed by atoms with E-state index in [1.807, 2.05) is 36.7 Å². The van der Waals surface area contributed by atoms with E-state index in [0.29, 0.717) is 39.2 Å². The van der Waals surface area contributed by atoms with Gasteiger partial charge in [0.25, 0.3) is 0 Å². The van der Waals surface area contributed by atoms with Crippen LogP contribution in [0.15, 0.2) is 39.5 Å². The molecule has 0 saturated carbocycles. The molecule has 2 aromatic heterocycles. The zero-order valence-electron chi connectivity index (χ0n) is 20.6. The number of fused-ring (bicyclic) bond motifs is 2. The molecule has 8 heteroatoms. The molecule has 0 aliphatic carbocycles. The highest BCUT2D eigenvalue weighted by Crippen LogP contribution is 2.31. The maximum atomic E-state index is 13.2. The van der Waals surface area contributed by atoms with E-state index in [1.54, 1.807) is 33.1 Å². The Kier molecular flexibility index (Phi) is 6.39. The zero-order valence-corrected chi connectivity index (χ0v) is 20.6. The van der Waals surface area contributed by atoms with Crippen LogP contribution in [0.3, 0.4) is 0 Å². The second-order valence-electron chi connectivity index (χ2n) is 8.43. The smallest absolute Gasteiger partial charge is 0.340 e. The molecule has 4 rings (SSSR count). The van der Waals surface area contributed by atoms with Gasteiger partial charge in [-0.2, -0.15) is 0 Å². The standard InChI is InChI=1S/C27H27NO7/c1-14-18-8-10-23(15(2)26(18)35-27(31)19(14)12-24(30)33-6)34-13-22(29)25-16(3)28(4)21-9-7-17(32-5)11-20(21)25/h7-11H,12-13H2,1-6H3. The fourth-order valence-corrected chi connectivity index (χ4v) is 4.39. The van der Waals surface area contributed by atoms with E-state index in [4.69, 9.17) is 13.9 Å². The monoisotopic (exact) mass is 477 g/mol. The third kappa shape index (κ3) is 4.16. The summed E-state index contributed by atoms with van der Waals surface area (Å²) >= 11 is 0. The molecule has 0 N–H and O–H groups in total. The molecule has 0 amide bonds. The van der Waals surface area contributed by atoms with Crippen molar-refractivity contribution in [3.63, 3.8) is 0 Å². The molecule has 0 unspecified atom stereocenters. The third-order valence-electron chi connectivity index (χ3n) is 6.54. The van der Waals surface area contributed by atoms with Gasteiger partial charge in [-0.25, -0.2) is 4.79 Å². The Morgan fingerprint density at radius 1 is 1.00 bits per heavy atom. The van der Waals surface area contributed by atoms with Gasteiger partial charge in [0.05, 0.1) is 26.2 Å². The quantitative estimate of drug-likeness (QED) is 0.224. The molecule has 0 spiro atoms. The highest BCUT2D eigenvalue weighted by atomic mass is 16.5. The summed E-state index contributed by atoms with van der Waals surface area (Å²) in [5.41, 5.74) is 3.59. The van der Waals surface area contributed by atoms with Gasteiger partial charge in [0, 0.05) is 40.2 Å². The Hall–Kier alpha value is -4.07. The van der Waals surface area contributed by atoms with E-state index >= 15 is 0 Å². The van der Waals surface area contributed by atoms with Crippen molar-refractivity contribution in [2.45, 2.75) is 27.2 Å².